The lowest BCUT2D eigenvalue weighted by Gasteiger charge is -2.33. The Kier molecular flexibility index (Phi) is 7.56. The number of benzene rings is 1. The molecule has 1 aromatic rings. The van der Waals surface area contributed by atoms with Crippen molar-refractivity contribution in [2.24, 2.45) is 0 Å². The topological polar surface area (TPSA) is 58.6 Å². The molecule has 0 radical (unpaired) electrons. The molecule has 0 saturated carbocycles. The lowest BCUT2D eigenvalue weighted by atomic mass is 10.0. The molecule has 138 valence electrons. The van der Waals surface area contributed by atoms with E-state index in [2.05, 4.69) is 12.2 Å². The molecule has 0 bridgehead atoms. The number of likely N-dealkylation sites (tertiary alicyclic amines) is 1. The average molecular weight is 367 g/mol. The molecule has 25 heavy (non-hydrogen) atoms. The molecule has 1 aliphatic rings. The molecular weight excluding hydrogens is 340 g/mol. The molecule has 0 aliphatic carbocycles. The molecule has 6 heteroatoms. The molecule has 1 aromatic carbocycles. The van der Waals surface area contributed by atoms with Crippen LogP contribution in [0, 0.1) is 0 Å². The summed E-state index contributed by atoms with van der Waals surface area (Å²) in [5, 5.41) is 2.48. The van der Waals surface area contributed by atoms with Gasteiger partial charge < -0.3 is 15.0 Å². The van der Waals surface area contributed by atoms with E-state index in [1.165, 1.54) is 5.56 Å². The molecule has 1 saturated heterocycles. The maximum absolute atomic E-state index is 12.0. The minimum Gasteiger partial charge on any atom is -0.484 e. The Labute approximate surface area is 154 Å². The van der Waals surface area contributed by atoms with Gasteiger partial charge in [-0.3, -0.25) is 9.59 Å². The van der Waals surface area contributed by atoms with Crippen LogP contribution in [0.25, 0.3) is 0 Å². The third kappa shape index (κ3) is 6.24. The van der Waals surface area contributed by atoms with Crippen molar-refractivity contribution in [3.05, 3.63) is 29.8 Å². The van der Waals surface area contributed by atoms with Crippen molar-refractivity contribution >= 4 is 23.4 Å². The van der Waals surface area contributed by atoms with Gasteiger partial charge in [-0.2, -0.15) is 0 Å². The molecule has 2 rings (SSSR count). The second kappa shape index (κ2) is 9.66. The SMILES string of the molecule is CCCc1ccc(OCC(=O)NC2CCN(C(=O)C(C)Cl)CC2)cc1. The fourth-order valence-corrected chi connectivity index (χ4v) is 3.09. The van der Waals surface area contributed by atoms with Crippen LogP contribution in [-0.2, 0) is 16.0 Å². The fraction of sp³-hybridized carbons (Fsp3) is 0.579. The Bertz CT molecular complexity index is 567. The maximum Gasteiger partial charge on any atom is 0.258 e. The summed E-state index contributed by atoms with van der Waals surface area (Å²) in [6.45, 7) is 5.08. The standard InChI is InChI=1S/C19H27ClN2O3/c1-3-4-15-5-7-17(8-6-15)25-13-18(23)21-16-9-11-22(12-10-16)19(24)14(2)20/h5-8,14,16H,3-4,9-13H2,1-2H3,(H,21,23). The number of halogens is 1. The normalized spacial score (nSPS) is 16.4. The first-order valence-electron chi connectivity index (χ1n) is 8.93. The van der Waals surface area contributed by atoms with Gasteiger partial charge in [-0.25, -0.2) is 0 Å². The number of piperidine rings is 1. The number of ether oxygens (including phenoxy) is 1. The number of hydrogen-bond acceptors (Lipinski definition) is 3. The van der Waals surface area contributed by atoms with Crippen LogP contribution in [-0.4, -0.2) is 47.8 Å². The van der Waals surface area contributed by atoms with Gasteiger partial charge in [-0.15, -0.1) is 11.6 Å². The van der Waals surface area contributed by atoms with Crippen molar-refractivity contribution in [1.29, 1.82) is 0 Å². The van der Waals surface area contributed by atoms with E-state index in [4.69, 9.17) is 16.3 Å². The molecule has 0 spiro atoms. The number of nitrogens with zero attached hydrogens (tertiary/aromatic N) is 1. The first kappa shape index (κ1) is 19.6. The third-order valence-corrected chi connectivity index (χ3v) is 4.53. The number of hydrogen-bond donors (Lipinski definition) is 1. The minimum absolute atomic E-state index is 0.00494. The largest absolute Gasteiger partial charge is 0.484 e. The smallest absolute Gasteiger partial charge is 0.258 e. The quantitative estimate of drug-likeness (QED) is 0.755. The number of aryl methyl sites for hydroxylation is 1. The molecule has 1 N–H and O–H groups in total. The van der Waals surface area contributed by atoms with E-state index >= 15 is 0 Å². The first-order chi connectivity index (χ1) is 12.0. The van der Waals surface area contributed by atoms with Crippen LogP contribution in [0.15, 0.2) is 24.3 Å². The zero-order valence-corrected chi connectivity index (χ0v) is 15.7. The Morgan fingerprint density at radius 2 is 1.92 bits per heavy atom. The molecule has 1 fully saturated rings. The molecule has 1 unspecified atom stereocenters. The van der Waals surface area contributed by atoms with Gasteiger partial charge in [0, 0.05) is 19.1 Å². The number of nitrogens with one attached hydrogen (secondary N) is 1. The molecule has 1 atom stereocenters. The van der Waals surface area contributed by atoms with Crippen LogP contribution in [0.4, 0.5) is 0 Å². The second-order valence-electron chi connectivity index (χ2n) is 6.47. The van der Waals surface area contributed by atoms with E-state index < -0.39 is 5.38 Å². The van der Waals surface area contributed by atoms with E-state index in [1.807, 2.05) is 24.3 Å². The van der Waals surface area contributed by atoms with Crippen LogP contribution in [0.1, 0.15) is 38.7 Å². The highest BCUT2D eigenvalue weighted by atomic mass is 35.5. The van der Waals surface area contributed by atoms with Crippen molar-refractivity contribution in [3.8, 4) is 5.75 Å². The van der Waals surface area contributed by atoms with Gasteiger partial charge in [0.05, 0.1) is 0 Å². The predicted octanol–water partition coefficient (Wildman–Crippen LogP) is 2.75. The number of rotatable bonds is 7. The van der Waals surface area contributed by atoms with E-state index in [1.54, 1.807) is 11.8 Å². The third-order valence-electron chi connectivity index (χ3n) is 4.34. The fourth-order valence-electron chi connectivity index (χ4n) is 2.96. The summed E-state index contributed by atoms with van der Waals surface area (Å²) in [5.74, 6) is 0.529. The van der Waals surface area contributed by atoms with Crippen LogP contribution < -0.4 is 10.1 Å². The van der Waals surface area contributed by atoms with E-state index in [9.17, 15) is 9.59 Å². The molecule has 1 heterocycles. The number of carbonyl (C=O) groups excluding carboxylic acids is 2. The molecule has 1 aliphatic heterocycles. The van der Waals surface area contributed by atoms with Gasteiger partial charge in [0.25, 0.3) is 5.91 Å². The van der Waals surface area contributed by atoms with Crippen molar-refractivity contribution in [2.45, 2.75) is 50.9 Å². The van der Waals surface area contributed by atoms with Crippen molar-refractivity contribution in [1.82, 2.24) is 10.2 Å². The van der Waals surface area contributed by atoms with Gasteiger partial charge >= 0.3 is 0 Å². The number of carbonyl (C=O) groups is 2. The lowest BCUT2D eigenvalue weighted by Crippen LogP contribution is -2.48. The monoisotopic (exact) mass is 366 g/mol. The number of amides is 2. The highest BCUT2D eigenvalue weighted by Crippen LogP contribution is 2.15. The second-order valence-corrected chi connectivity index (χ2v) is 7.12. The average Bonchev–Trinajstić information content (AvgIpc) is 2.61. The summed E-state index contributed by atoms with van der Waals surface area (Å²) >= 11 is 5.83. The molecule has 5 nitrogen and oxygen atoms in total. The van der Waals surface area contributed by atoms with Crippen molar-refractivity contribution in [3.63, 3.8) is 0 Å². The number of alkyl halides is 1. The molecule has 2 amide bonds. The molecule has 0 aromatic heterocycles. The zero-order valence-electron chi connectivity index (χ0n) is 15.0. The van der Waals surface area contributed by atoms with E-state index in [0.717, 1.165) is 25.7 Å². The summed E-state index contributed by atoms with van der Waals surface area (Å²) in [4.78, 5) is 25.6. The van der Waals surface area contributed by atoms with Crippen molar-refractivity contribution in [2.75, 3.05) is 19.7 Å². The maximum atomic E-state index is 12.0. The van der Waals surface area contributed by atoms with Crippen LogP contribution in [0.3, 0.4) is 0 Å². The van der Waals surface area contributed by atoms with Gasteiger partial charge in [-0.1, -0.05) is 25.5 Å². The van der Waals surface area contributed by atoms with Gasteiger partial charge in [-0.05, 0) is 43.9 Å². The Balaban J connectivity index is 1.70. The summed E-state index contributed by atoms with van der Waals surface area (Å²) in [5.41, 5.74) is 1.27. The van der Waals surface area contributed by atoms with Gasteiger partial charge in [0.2, 0.25) is 5.91 Å². The van der Waals surface area contributed by atoms with Gasteiger partial charge in [0.15, 0.2) is 6.61 Å². The first-order valence-corrected chi connectivity index (χ1v) is 9.37. The molecular formula is C19H27ClN2O3. The highest BCUT2D eigenvalue weighted by Gasteiger charge is 2.25. The van der Waals surface area contributed by atoms with Gasteiger partial charge in [0.1, 0.15) is 11.1 Å². The van der Waals surface area contributed by atoms with Crippen LogP contribution in [0.5, 0.6) is 5.75 Å². The zero-order chi connectivity index (χ0) is 18.2. The van der Waals surface area contributed by atoms with Crippen molar-refractivity contribution < 1.29 is 14.3 Å². The lowest BCUT2D eigenvalue weighted by molar-refractivity contribution is -0.131. The highest BCUT2D eigenvalue weighted by molar-refractivity contribution is 6.30. The Morgan fingerprint density at radius 1 is 1.28 bits per heavy atom. The summed E-state index contributed by atoms with van der Waals surface area (Å²) in [6.07, 6.45) is 3.64. The Morgan fingerprint density at radius 3 is 2.48 bits per heavy atom. The summed E-state index contributed by atoms with van der Waals surface area (Å²) < 4.78 is 5.54. The van der Waals surface area contributed by atoms with Crippen LogP contribution in [0.2, 0.25) is 0 Å². The Hall–Kier alpha value is -1.75. The summed E-state index contributed by atoms with van der Waals surface area (Å²) in [6, 6.07) is 7.94. The minimum atomic E-state index is -0.497. The predicted molar refractivity (Wildman–Crippen MR) is 99.0 cm³/mol. The van der Waals surface area contributed by atoms with E-state index in [-0.39, 0.29) is 24.5 Å². The van der Waals surface area contributed by atoms with E-state index in [0.29, 0.717) is 18.8 Å². The summed E-state index contributed by atoms with van der Waals surface area (Å²) in [7, 11) is 0. The van der Waals surface area contributed by atoms with Crippen LogP contribution >= 0.6 is 11.6 Å².